The minimum atomic E-state index is -2.06. The van der Waals surface area contributed by atoms with Crippen LogP contribution in [0.5, 0.6) is 0 Å². The zero-order valence-electron chi connectivity index (χ0n) is 33.2. The number of esters is 3. The Balaban J connectivity index is 1.66. The zero-order chi connectivity index (χ0) is 42.0. The first kappa shape index (κ1) is 43.5. The van der Waals surface area contributed by atoms with Crippen molar-refractivity contribution in [2.75, 3.05) is 13.2 Å². The number of hydrogen-bond acceptors (Lipinski definition) is 14. The maximum Gasteiger partial charge on any atom is 0.408 e. The first-order valence-electron chi connectivity index (χ1n) is 18.9. The highest BCUT2D eigenvalue weighted by molar-refractivity contribution is 5.91. The largest absolute Gasteiger partial charge is 0.458 e. The van der Waals surface area contributed by atoms with Crippen LogP contribution in [0.1, 0.15) is 83.3 Å². The molecule has 0 aromatic heterocycles. The molecular weight excluding hydrogens is 742 g/mol. The van der Waals surface area contributed by atoms with E-state index in [0.717, 1.165) is 6.92 Å². The van der Waals surface area contributed by atoms with Crippen LogP contribution in [-0.4, -0.2) is 111 Å². The van der Waals surface area contributed by atoms with Gasteiger partial charge in [-0.05, 0) is 56.5 Å². The molecule has 1 aliphatic heterocycles. The summed E-state index contributed by atoms with van der Waals surface area (Å²) in [5.74, 6) is -6.61. The lowest BCUT2D eigenvalue weighted by atomic mass is 9.59. The van der Waals surface area contributed by atoms with Gasteiger partial charge in [0.15, 0.2) is 17.5 Å². The second kappa shape index (κ2) is 17.0. The Hall–Kier alpha value is -4.67. The highest BCUT2D eigenvalue weighted by Gasteiger charge is 2.68. The number of ketones is 1. The fraction of sp³-hybridized carbons (Fsp3) is 0.548. The second-order valence-corrected chi connectivity index (χ2v) is 16.6. The van der Waals surface area contributed by atoms with Gasteiger partial charge >= 0.3 is 24.0 Å². The standard InChI is InChI=1S/C42H53NO14/c1-22-27(54-38(51)36(49)33(24-14-10-8-11-15-24)43-39(52)57-40(3,4)5)19-28(55-37(50)25-16-12-9-13-17-25)32-30(34(47)35(48)31(22)41(6,7)20-44)26(46)18-29-42(32,21-53-29)56-23(2)45/h8-17,26-30,32-33,35-36,44,46,48-49H,18-21H2,1-7H3,(H,43,52)/b31-22-/t26-,27-,28+,29+,30?,32-,33-,35+,36+,42-/m0/s1. The Bertz CT molecular complexity index is 1840. The van der Waals surface area contributed by atoms with Gasteiger partial charge in [-0.15, -0.1) is 0 Å². The topological polar surface area (TPSA) is 224 Å². The summed E-state index contributed by atoms with van der Waals surface area (Å²) in [6, 6.07) is 14.7. The Labute approximate surface area is 331 Å². The van der Waals surface area contributed by atoms with Crippen molar-refractivity contribution in [3.63, 3.8) is 0 Å². The van der Waals surface area contributed by atoms with Crippen molar-refractivity contribution >= 4 is 29.8 Å². The summed E-state index contributed by atoms with van der Waals surface area (Å²) in [6.07, 6.45) is -11.0. The third-order valence-electron chi connectivity index (χ3n) is 10.9. The summed E-state index contributed by atoms with van der Waals surface area (Å²) < 4.78 is 29.4. The minimum Gasteiger partial charge on any atom is -0.458 e. The molecule has 10 atom stereocenters. The molecule has 2 aromatic carbocycles. The molecule has 2 fully saturated rings. The Morgan fingerprint density at radius 2 is 1.56 bits per heavy atom. The van der Waals surface area contributed by atoms with Crippen LogP contribution in [0.4, 0.5) is 4.79 Å². The zero-order valence-corrected chi connectivity index (χ0v) is 33.2. The number of alkyl carbamates (subject to hydrolysis) is 1. The third kappa shape index (κ3) is 9.23. The third-order valence-corrected chi connectivity index (χ3v) is 10.9. The van der Waals surface area contributed by atoms with Crippen molar-refractivity contribution in [2.45, 2.75) is 115 Å². The number of rotatable bonds is 10. The number of Topliss-reactive ketones (excluding diaryl/α,β-unsaturated/α-hetero) is 1. The number of hydrogen-bond donors (Lipinski definition) is 5. The predicted molar refractivity (Wildman–Crippen MR) is 201 cm³/mol. The first-order valence-corrected chi connectivity index (χ1v) is 18.9. The molecule has 1 heterocycles. The van der Waals surface area contributed by atoms with Crippen molar-refractivity contribution < 1.29 is 68.1 Å². The van der Waals surface area contributed by atoms with Crippen LogP contribution < -0.4 is 5.32 Å². The van der Waals surface area contributed by atoms with E-state index in [9.17, 15) is 44.4 Å². The molecule has 1 unspecified atom stereocenters. The lowest BCUT2D eigenvalue weighted by Crippen LogP contribution is -2.74. The van der Waals surface area contributed by atoms with Gasteiger partial charge in [0, 0.05) is 25.2 Å². The number of fused-ring (bicyclic) bond motifs is 3. The molecule has 0 radical (unpaired) electrons. The number of amides is 1. The van der Waals surface area contributed by atoms with E-state index in [1.54, 1.807) is 83.1 Å². The quantitative estimate of drug-likeness (QED) is 0.132. The molecule has 2 aliphatic carbocycles. The monoisotopic (exact) mass is 795 g/mol. The number of carbonyl (C=O) groups excluding carboxylic acids is 5. The summed E-state index contributed by atoms with van der Waals surface area (Å²) in [5.41, 5.74) is -3.39. The average Bonchev–Trinajstić information content (AvgIpc) is 3.17. The molecule has 3 aliphatic rings. The molecule has 310 valence electrons. The van der Waals surface area contributed by atoms with Gasteiger partial charge in [0.05, 0.1) is 42.8 Å². The van der Waals surface area contributed by atoms with Crippen LogP contribution >= 0.6 is 0 Å². The van der Waals surface area contributed by atoms with Gasteiger partial charge in [-0.3, -0.25) is 9.59 Å². The first-order chi connectivity index (χ1) is 26.7. The van der Waals surface area contributed by atoms with Gasteiger partial charge in [-0.25, -0.2) is 14.4 Å². The Kier molecular flexibility index (Phi) is 13.0. The van der Waals surface area contributed by atoms with E-state index in [1.807, 2.05) is 0 Å². The summed E-state index contributed by atoms with van der Waals surface area (Å²) >= 11 is 0. The molecular formula is C42H53NO14. The lowest BCUT2D eigenvalue weighted by molar-refractivity contribution is -0.316. The van der Waals surface area contributed by atoms with Crippen LogP contribution in [0, 0.1) is 17.3 Å². The highest BCUT2D eigenvalue weighted by Crippen LogP contribution is 2.53. The molecule has 57 heavy (non-hydrogen) atoms. The summed E-state index contributed by atoms with van der Waals surface area (Å²) in [5, 5.41) is 48.4. The number of benzene rings is 2. The van der Waals surface area contributed by atoms with Crippen LogP contribution in [0.2, 0.25) is 0 Å². The molecule has 1 saturated heterocycles. The number of ether oxygens (including phenoxy) is 5. The predicted octanol–water partition coefficient (Wildman–Crippen LogP) is 3.12. The van der Waals surface area contributed by atoms with E-state index in [0.29, 0.717) is 5.56 Å². The van der Waals surface area contributed by atoms with Gasteiger partial charge < -0.3 is 49.4 Å². The van der Waals surface area contributed by atoms with E-state index in [2.05, 4.69) is 5.32 Å². The Morgan fingerprint density at radius 1 is 0.947 bits per heavy atom. The van der Waals surface area contributed by atoms with Crippen molar-refractivity contribution in [1.29, 1.82) is 0 Å². The van der Waals surface area contributed by atoms with Crippen LogP contribution in [0.3, 0.4) is 0 Å². The van der Waals surface area contributed by atoms with Gasteiger partial charge in [0.1, 0.15) is 30.0 Å². The molecule has 5 rings (SSSR count). The molecule has 1 saturated carbocycles. The van der Waals surface area contributed by atoms with E-state index in [4.69, 9.17) is 23.7 Å². The van der Waals surface area contributed by atoms with Crippen LogP contribution in [-0.2, 0) is 38.1 Å². The van der Waals surface area contributed by atoms with E-state index in [-0.39, 0.29) is 29.7 Å². The van der Waals surface area contributed by atoms with E-state index in [1.165, 1.54) is 19.1 Å². The molecule has 5 N–H and O–H groups in total. The SMILES string of the molecule is CC(=O)O[C@@]12CO[C@@H]1C[C@H](O)C1C(=O)[C@H](O)/C(C(C)(C)CO)=C(\C)[C@@H](OC(=O)[C@H](O)[C@@H](NC(=O)OC(C)(C)C)c3ccccc3)C[C@@H](OC(=O)c3ccccc3)[C@@H]12. The molecule has 0 bridgehead atoms. The maximum atomic E-state index is 14.7. The van der Waals surface area contributed by atoms with Crippen LogP contribution in [0.25, 0.3) is 0 Å². The molecule has 1 amide bonds. The summed E-state index contributed by atoms with van der Waals surface area (Å²) in [4.78, 5) is 68.4. The second-order valence-electron chi connectivity index (χ2n) is 16.6. The van der Waals surface area contributed by atoms with Gasteiger partial charge in [-0.1, -0.05) is 62.4 Å². The van der Waals surface area contributed by atoms with Crippen molar-refractivity contribution in [2.24, 2.45) is 17.3 Å². The minimum absolute atomic E-state index is 0.0386. The van der Waals surface area contributed by atoms with Gasteiger partial charge in [-0.2, -0.15) is 0 Å². The normalized spacial score (nSPS) is 30.0. The van der Waals surface area contributed by atoms with Crippen molar-refractivity contribution in [1.82, 2.24) is 5.32 Å². The summed E-state index contributed by atoms with van der Waals surface area (Å²) in [6.45, 7) is 9.86. The fourth-order valence-corrected chi connectivity index (χ4v) is 8.26. The molecule has 15 nitrogen and oxygen atoms in total. The maximum absolute atomic E-state index is 14.7. The van der Waals surface area contributed by atoms with Crippen LogP contribution in [0.15, 0.2) is 71.8 Å². The number of nitrogens with one attached hydrogen (secondary N) is 1. The number of aliphatic hydroxyl groups excluding tert-OH is 4. The number of aliphatic hydroxyl groups is 4. The van der Waals surface area contributed by atoms with Crippen molar-refractivity contribution in [3.05, 3.63) is 82.9 Å². The highest BCUT2D eigenvalue weighted by atomic mass is 16.6. The Morgan fingerprint density at radius 3 is 2.11 bits per heavy atom. The fourth-order valence-electron chi connectivity index (χ4n) is 8.26. The summed E-state index contributed by atoms with van der Waals surface area (Å²) in [7, 11) is 0. The van der Waals surface area contributed by atoms with Gasteiger partial charge in [0.2, 0.25) is 0 Å². The molecule has 15 heteroatoms. The van der Waals surface area contributed by atoms with E-state index < -0.39 is 114 Å². The molecule has 0 spiro atoms. The van der Waals surface area contributed by atoms with Crippen molar-refractivity contribution in [3.8, 4) is 0 Å². The number of carbonyl (C=O) groups is 5. The van der Waals surface area contributed by atoms with Gasteiger partial charge in [0.25, 0.3) is 0 Å². The lowest BCUT2D eigenvalue weighted by Gasteiger charge is -2.59. The molecule has 2 aromatic rings. The van der Waals surface area contributed by atoms with E-state index >= 15 is 0 Å². The smallest absolute Gasteiger partial charge is 0.408 e. The average molecular weight is 796 g/mol.